The number of benzene rings is 2. The number of H-pyrrole nitrogens is 2. The summed E-state index contributed by atoms with van der Waals surface area (Å²) in [4.78, 5) is -2.01. The van der Waals surface area contributed by atoms with Crippen LogP contribution in [0.1, 0.15) is 22.5 Å². The van der Waals surface area contributed by atoms with Gasteiger partial charge in [0.1, 0.15) is 21.2 Å². The standard InChI is InChI=1S/C18H14N6O6S2/c25-31(26,27)15-8-4-7-12(18(15)32(28,29)30)17(14-10-20-24-22-14)16(13-9-19-23-21-13)11-5-2-1-3-6-11/h1-10H,(H,19,21,23)(H,20,22,24)(H,25,26,27)(H,28,29,30). The highest BCUT2D eigenvalue weighted by Crippen LogP contribution is 2.39. The van der Waals surface area contributed by atoms with E-state index in [1.54, 1.807) is 30.3 Å². The highest BCUT2D eigenvalue weighted by Gasteiger charge is 2.31. The molecule has 0 saturated heterocycles. The van der Waals surface area contributed by atoms with Crippen LogP contribution < -0.4 is 0 Å². The Labute approximate surface area is 181 Å². The maximum Gasteiger partial charge on any atom is 0.296 e. The van der Waals surface area contributed by atoms with Crippen LogP contribution in [-0.2, 0) is 20.2 Å². The lowest BCUT2D eigenvalue weighted by molar-refractivity contribution is 0.466. The quantitative estimate of drug-likeness (QED) is 0.235. The Morgan fingerprint density at radius 3 is 1.81 bits per heavy atom. The molecule has 4 aromatic rings. The molecule has 12 nitrogen and oxygen atoms in total. The Morgan fingerprint density at radius 1 is 0.719 bits per heavy atom. The molecule has 0 aliphatic heterocycles. The fourth-order valence-corrected chi connectivity index (χ4v) is 5.25. The molecule has 0 bridgehead atoms. The van der Waals surface area contributed by atoms with Gasteiger partial charge < -0.3 is 0 Å². The lowest BCUT2D eigenvalue weighted by atomic mass is 9.91. The van der Waals surface area contributed by atoms with Gasteiger partial charge in [0.05, 0.1) is 12.4 Å². The molecule has 164 valence electrons. The van der Waals surface area contributed by atoms with Crippen molar-refractivity contribution in [3.05, 3.63) is 83.4 Å². The minimum absolute atomic E-state index is 0.0666. The summed E-state index contributed by atoms with van der Waals surface area (Å²) in [6, 6.07) is 12.0. The van der Waals surface area contributed by atoms with Crippen LogP contribution in [0.2, 0.25) is 0 Å². The van der Waals surface area contributed by atoms with Crippen LogP contribution in [0.4, 0.5) is 0 Å². The summed E-state index contributed by atoms with van der Waals surface area (Å²) in [5.74, 6) is 0. The molecule has 2 aromatic heterocycles. The van der Waals surface area contributed by atoms with E-state index >= 15 is 0 Å². The third-order valence-electron chi connectivity index (χ3n) is 4.44. The predicted octanol–water partition coefficient (Wildman–Crippen LogP) is 1.42. The van der Waals surface area contributed by atoms with Crippen molar-refractivity contribution < 1.29 is 25.9 Å². The van der Waals surface area contributed by atoms with Gasteiger partial charge in [-0.3, -0.25) is 9.11 Å². The van der Waals surface area contributed by atoms with Crippen molar-refractivity contribution in [2.24, 2.45) is 0 Å². The number of aromatic nitrogens is 6. The average Bonchev–Trinajstić information content (AvgIpc) is 3.45. The molecule has 0 radical (unpaired) electrons. The van der Waals surface area contributed by atoms with E-state index in [0.717, 1.165) is 6.07 Å². The van der Waals surface area contributed by atoms with Crippen LogP contribution in [0.15, 0.2) is 70.7 Å². The first-order chi connectivity index (χ1) is 15.2. The summed E-state index contributed by atoms with van der Waals surface area (Å²) in [5.41, 5.74) is 1.07. The van der Waals surface area contributed by atoms with Crippen molar-refractivity contribution in [1.82, 2.24) is 30.8 Å². The van der Waals surface area contributed by atoms with E-state index in [9.17, 15) is 25.9 Å². The molecule has 0 aliphatic rings. The number of nitrogens with zero attached hydrogens (tertiary/aromatic N) is 4. The maximum absolute atomic E-state index is 12.3. The van der Waals surface area contributed by atoms with Gasteiger partial charge in [-0.2, -0.15) is 47.7 Å². The molecule has 0 spiro atoms. The van der Waals surface area contributed by atoms with Crippen LogP contribution in [0, 0.1) is 0 Å². The zero-order valence-corrected chi connectivity index (χ0v) is 17.5. The smallest absolute Gasteiger partial charge is 0.282 e. The molecular weight excluding hydrogens is 460 g/mol. The van der Waals surface area contributed by atoms with Crippen molar-refractivity contribution >= 4 is 31.4 Å². The Bertz CT molecular complexity index is 1500. The molecule has 4 N–H and O–H groups in total. The van der Waals surface area contributed by atoms with Gasteiger partial charge in [0.15, 0.2) is 0 Å². The highest BCUT2D eigenvalue weighted by molar-refractivity contribution is 7.89. The predicted molar refractivity (Wildman–Crippen MR) is 110 cm³/mol. The number of nitrogens with one attached hydrogen (secondary N) is 2. The second kappa shape index (κ2) is 8.08. The Hall–Kier alpha value is -3.72. The van der Waals surface area contributed by atoms with Crippen LogP contribution in [-0.4, -0.2) is 56.8 Å². The molecule has 0 atom stereocenters. The normalized spacial score (nSPS) is 13.1. The molecule has 0 amide bonds. The first kappa shape index (κ1) is 21.5. The van der Waals surface area contributed by atoms with Crippen LogP contribution in [0.25, 0.3) is 11.1 Å². The average molecular weight is 474 g/mol. The summed E-state index contributed by atoms with van der Waals surface area (Å²) >= 11 is 0. The molecule has 4 rings (SSSR count). The third-order valence-corrected chi connectivity index (χ3v) is 6.42. The van der Waals surface area contributed by atoms with Crippen molar-refractivity contribution in [2.75, 3.05) is 0 Å². The lowest BCUT2D eigenvalue weighted by Crippen LogP contribution is -2.12. The topological polar surface area (TPSA) is 192 Å². The summed E-state index contributed by atoms with van der Waals surface area (Å²) in [7, 11) is -10.2. The second-order valence-corrected chi connectivity index (χ2v) is 9.16. The minimum atomic E-state index is -5.14. The second-order valence-electron chi connectivity index (χ2n) is 6.41. The fraction of sp³-hybridized carbons (Fsp3) is 0. The summed E-state index contributed by atoms with van der Waals surface area (Å²) in [6.07, 6.45) is 2.66. The third kappa shape index (κ3) is 4.06. The molecule has 14 heteroatoms. The SMILES string of the molecule is O=S(=O)(O)c1cccc(C(=C(c2ccccc2)c2cn[nH]n2)c2cn[nH]n2)c1S(=O)(=O)O. The van der Waals surface area contributed by atoms with Crippen LogP contribution in [0.3, 0.4) is 0 Å². The molecule has 2 aromatic carbocycles. The van der Waals surface area contributed by atoms with Gasteiger partial charge in [0.2, 0.25) is 0 Å². The summed E-state index contributed by atoms with van der Waals surface area (Å²) in [6.45, 7) is 0. The number of hydrogen-bond donors (Lipinski definition) is 4. The van der Waals surface area contributed by atoms with E-state index in [2.05, 4.69) is 30.8 Å². The molecule has 0 unspecified atom stereocenters. The van der Waals surface area contributed by atoms with Crippen LogP contribution >= 0.6 is 0 Å². The maximum atomic E-state index is 12.3. The van der Waals surface area contributed by atoms with E-state index in [0.29, 0.717) is 11.1 Å². The van der Waals surface area contributed by atoms with E-state index < -0.39 is 30.0 Å². The summed E-state index contributed by atoms with van der Waals surface area (Å²) < 4.78 is 68.1. The Balaban J connectivity index is 2.24. The van der Waals surface area contributed by atoms with Gasteiger partial charge in [-0.25, -0.2) is 0 Å². The summed E-state index contributed by atoms with van der Waals surface area (Å²) in [5, 5.41) is 20.5. The van der Waals surface area contributed by atoms with Crippen LogP contribution in [0.5, 0.6) is 0 Å². The van der Waals surface area contributed by atoms with Gasteiger partial charge in [-0.1, -0.05) is 42.5 Å². The van der Waals surface area contributed by atoms with Gasteiger partial charge in [-0.15, -0.1) is 0 Å². The zero-order chi connectivity index (χ0) is 22.9. The van der Waals surface area contributed by atoms with E-state index in [4.69, 9.17) is 0 Å². The Morgan fingerprint density at radius 2 is 1.31 bits per heavy atom. The van der Waals surface area contributed by atoms with Crippen molar-refractivity contribution in [1.29, 1.82) is 0 Å². The van der Waals surface area contributed by atoms with Gasteiger partial charge in [0.25, 0.3) is 20.2 Å². The van der Waals surface area contributed by atoms with Gasteiger partial charge in [0, 0.05) is 16.7 Å². The van der Waals surface area contributed by atoms with Crippen molar-refractivity contribution in [3.8, 4) is 0 Å². The molecule has 0 saturated carbocycles. The first-order valence-corrected chi connectivity index (χ1v) is 11.7. The molecule has 0 aliphatic carbocycles. The van der Waals surface area contributed by atoms with Crippen molar-refractivity contribution in [3.63, 3.8) is 0 Å². The van der Waals surface area contributed by atoms with E-state index in [1.807, 2.05) is 0 Å². The van der Waals surface area contributed by atoms with E-state index in [-0.39, 0.29) is 22.5 Å². The molecule has 2 heterocycles. The van der Waals surface area contributed by atoms with Gasteiger partial charge >= 0.3 is 0 Å². The highest BCUT2D eigenvalue weighted by atomic mass is 32.2. The number of rotatable bonds is 6. The number of hydrogen-bond acceptors (Lipinski definition) is 8. The first-order valence-electron chi connectivity index (χ1n) is 8.78. The molecular formula is C18H14N6O6S2. The zero-order valence-electron chi connectivity index (χ0n) is 15.9. The number of aromatic amines is 2. The van der Waals surface area contributed by atoms with Crippen molar-refractivity contribution in [2.45, 2.75) is 9.79 Å². The lowest BCUT2D eigenvalue weighted by Gasteiger charge is -2.17. The van der Waals surface area contributed by atoms with Gasteiger partial charge in [-0.05, 0) is 11.6 Å². The monoisotopic (exact) mass is 474 g/mol. The Kier molecular flexibility index (Phi) is 5.43. The molecule has 0 fully saturated rings. The molecule has 32 heavy (non-hydrogen) atoms. The fourth-order valence-electron chi connectivity index (χ4n) is 3.25. The largest absolute Gasteiger partial charge is 0.296 e. The minimum Gasteiger partial charge on any atom is -0.282 e. The van der Waals surface area contributed by atoms with E-state index in [1.165, 1.54) is 24.5 Å².